The van der Waals surface area contributed by atoms with E-state index < -0.39 is 23.9 Å². The second-order valence-corrected chi connectivity index (χ2v) is 10.2. The number of amides is 2. The lowest BCUT2D eigenvalue weighted by molar-refractivity contribution is -0.139. The number of unbranched alkanes of at least 4 members (excludes halogenated alkanes) is 4. The number of aliphatic carboxylic acids is 1. The van der Waals surface area contributed by atoms with Crippen molar-refractivity contribution in [3.8, 4) is 17.2 Å². The first-order valence-corrected chi connectivity index (χ1v) is 14.8. The van der Waals surface area contributed by atoms with Crippen molar-refractivity contribution in [2.75, 3.05) is 19.0 Å². The number of carbonyl (C=O) groups excluding carboxylic acids is 3. The summed E-state index contributed by atoms with van der Waals surface area (Å²) in [6.45, 7) is 4.53. The van der Waals surface area contributed by atoms with Crippen molar-refractivity contribution in [2.24, 2.45) is 0 Å². The number of carbonyl (C=O) groups is 4. The molecule has 3 N–H and O–H groups in total. The minimum Gasteiger partial charge on any atom is -0.494 e. The highest BCUT2D eigenvalue weighted by molar-refractivity contribution is 5.97. The van der Waals surface area contributed by atoms with Crippen molar-refractivity contribution in [3.05, 3.63) is 83.4 Å². The molecule has 0 bridgehead atoms. The van der Waals surface area contributed by atoms with Crippen molar-refractivity contribution in [2.45, 2.75) is 64.8 Å². The van der Waals surface area contributed by atoms with Crippen LogP contribution in [0.25, 0.3) is 0 Å². The number of benzene rings is 3. The van der Waals surface area contributed by atoms with Crippen LogP contribution in [-0.4, -0.2) is 48.6 Å². The van der Waals surface area contributed by atoms with Gasteiger partial charge in [-0.3, -0.25) is 9.59 Å². The molecular weight excluding hydrogens is 564 g/mol. The van der Waals surface area contributed by atoms with Crippen molar-refractivity contribution >= 4 is 29.4 Å². The normalized spacial score (nSPS) is 11.2. The molecule has 1 unspecified atom stereocenters. The monoisotopic (exact) mass is 604 g/mol. The Labute approximate surface area is 257 Å². The number of methoxy groups -OCH3 is 1. The molecule has 0 aliphatic rings. The molecule has 3 rings (SSSR count). The summed E-state index contributed by atoms with van der Waals surface area (Å²) in [6.07, 6.45) is 6.00. The van der Waals surface area contributed by atoms with Gasteiger partial charge in [0.15, 0.2) is 11.5 Å². The zero-order valence-corrected chi connectivity index (χ0v) is 25.4. The number of anilines is 1. The first-order chi connectivity index (χ1) is 21.2. The predicted octanol–water partition coefficient (Wildman–Crippen LogP) is 6.04. The maximum Gasteiger partial charge on any atom is 0.343 e. The number of nitrogens with one attached hydrogen (secondary N) is 2. The van der Waals surface area contributed by atoms with Crippen molar-refractivity contribution in [1.82, 2.24) is 5.32 Å². The molecule has 3 aromatic rings. The van der Waals surface area contributed by atoms with E-state index >= 15 is 0 Å². The lowest BCUT2D eigenvalue weighted by Gasteiger charge is -2.16. The number of hydrogen-bond acceptors (Lipinski definition) is 7. The zero-order valence-electron chi connectivity index (χ0n) is 25.4. The summed E-state index contributed by atoms with van der Waals surface area (Å²) in [4.78, 5) is 49.1. The van der Waals surface area contributed by atoms with E-state index in [1.54, 1.807) is 55.5 Å². The first kappa shape index (κ1) is 33.6. The molecule has 44 heavy (non-hydrogen) atoms. The van der Waals surface area contributed by atoms with E-state index in [1.165, 1.54) is 44.6 Å². The van der Waals surface area contributed by atoms with Gasteiger partial charge in [-0.25, -0.2) is 9.59 Å². The molecule has 0 saturated carbocycles. The topological polar surface area (TPSA) is 140 Å². The summed E-state index contributed by atoms with van der Waals surface area (Å²) in [6, 6.07) is 16.3. The lowest BCUT2D eigenvalue weighted by atomic mass is 10.0. The van der Waals surface area contributed by atoms with E-state index in [2.05, 4.69) is 17.6 Å². The molecule has 0 radical (unpaired) electrons. The maximum absolute atomic E-state index is 12.8. The van der Waals surface area contributed by atoms with Crippen LogP contribution >= 0.6 is 0 Å². The Bertz CT molecular complexity index is 1400. The molecule has 0 heterocycles. The second kappa shape index (κ2) is 17.3. The molecular formula is C34H40N2O8. The van der Waals surface area contributed by atoms with Crippen LogP contribution in [0, 0.1) is 0 Å². The highest BCUT2D eigenvalue weighted by Crippen LogP contribution is 2.29. The Morgan fingerprint density at radius 1 is 0.818 bits per heavy atom. The fourth-order valence-electron chi connectivity index (χ4n) is 4.30. The minimum absolute atomic E-state index is 0.0453. The van der Waals surface area contributed by atoms with Crippen LogP contribution in [0.2, 0.25) is 0 Å². The summed E-state index contributed by atoms with van der Waals surface area (Å²) in [5, 5.41) is 15.0. The number of carboxylic acids is 1. The van der Waals surface area contributed by atoms with Crippen LogP contribution in [0.3, 0.4) is 0 Å². The molecule has 0 aliphatic carbocycles. The Kier molecular flexibility index (Phi) is 13.2. The molecule has 234 valence electrons. The fourth-order valence-corrected chi connectivity index (χ4v) is 4.30. The molecule has 0 fully saturated rings. The standard InChI is InChI=1S/C34H40N2O8/c1-4-6-7-8-9-20-43-27-17-13-25(14-18-27)34(41)44-29-19-10-23(22-30(29)42-3)21-28(33(39)40)36-32(38)24-11-15-26(16-12-24)35-31(37)5-2/h10-19,22,28H,4-9,20-21H2,1-3H3,(H,35,37)(H,36,38)(H,39,40). The quantitative estimate of drug-likeness (QED) is 0.0963. The highest BCUT2D eigenvalue weighted by Gasteiger charge is 2.22. The molecule has 0 aromatic heterocycles. The van der Waals surface area contributed by atoms with Gasteiger partial charge < -0.3 is 30.0 Å². The van der Waals surface area contributed by atoms with Gasteiger partial charge in [0.05, 0.1) is 19.3 Å². The van der Waals surface area contributed by atoms with Crippen molar-refractivity contribution in [1.29, 1.82) is 0 Å². The molecule has 0 aliphatic heterocycles. The van der Waals surface area contributed by atoms with Crippen LogP contribution in [0.5, 0.6) is 17.2 Å². The van der Waals surface area contributed by atoms with Crippen LogP contribution < -0.4 is 24.8 Å². The van der Waals surface area contributed by atoms with E-state index in [0.717, 1.165) is 12.8 Å². The van der Waals surface area contributed by atoms with Gasteiger partial charge in [0.2, 0.25) is 5.91 Å². The number of hydrogen-bond donors (Lipinski definition) is 3. The van der Waals surface area contributed by atoms with Gasteiger partial charge in [0, 0.05) is 24.1 Å². The fraction of sp³-hybridized carbons (Fsp3) is 0.353. The number of rotatable bonds is 17. The second-order valence-electron chi connectivity index (χ2n) is 10.2. The van der Waals surface area contributed by atoms with Crippen LogP contribution in [-0.2, 0) is 16.0 Å². The number of esters is 1. The Morgan fingerprint density at radius 2 is 1.50 bits per heavy atom. The molecule has 0 spiro atoms. The summed E-state index contributed by atoms with van der Waals surface area (Å²) >= 11 is 0. The zero-order chi connectivity index (χ0) is 31.9. The number of carboxylic acid groups (broad SMARTS) is 1. The van der Waals surface area contributed by atoms with E-state index in [-0.39, 0.29) is 29.4 Å². The van der Waals surface area contributed by atoms with Crippen LogP contribution in [0.15, 0.2) is 66.7 Å². The summed E-state index contributed by atoms with van der Waals surface area (Å²) in [7, 11) is 1.41. The molecule has 3 aromatic carbocycles. The molecule has 0 saturated heterocycles. The van der Waals surface area contributed by atoms with Gasteiger partial charge in [-0.2, -0.15) is 0 Å². The minimum atomic E-state index is -1.24. The summed E-state index contributed by atoms with van der Waals surface area (Å²) in [5.41, 5.74) is 1.65. The van der Waals surface area contributed by atoms with Gasteiger partial charge in [0.25, 0.3) is 5.91 Å². The molecule has 10 nitrogen and oxygen atoms in total. The summed E-state index contributed by atoms with van der Waals surface area (Å²) in [5.74, 6) is -1.46. The van der Waals surface area contributed by atoms with E-state index in [0.29, 0.717) is 35.6 Å². The van der Waals surface area contributed by atoms with Crippen LogP contribution in [0.1, 0.15) is 78.7 Å². The Balaban J connectivity index is 1.59. The van der Waals surface area contributed by atoms with Gasteiger partial charge >= 0.3 is 11.9 Å². The summed E-state index contributed by atoms with van der Waals surface area (Å²) < 4.78 is 16.7. The Morgan fingerprint density at radius 3 is 2.14 bits per heavy atom. The molecule has 1 atom stereocenters. The average Bonchev–Trinajstić information content (AvgIpc) is 3.03. The lowest BCUT2D eigenvalue weighted by Crippen LogP contribution is -2.42. The van der Waals surface area contributed by atoms with Crippen molar-refractivity contribution in [3.63, 3.8) is 0 Å². The smallest absolute Gasteiger partial charge is 0.343 e. The third kappa shape index (κ3) is 10.4. The largest absolute Gasteiger partial charge is 0.494 e. The van der Waals surface area contributed by atoms with E-state index in [4.69, 9.17) is 14.2 Å². The average molecular weight is 605 g/mol. The molecule has 2 amide bonds. The van der Waals surface area contributed by atoms with Gasteiger partial charge in [-0.05, 0) is 72.6 Å². The van der Waals surface area contributed by atoms with Crippen molar-refractivity contribution < 1.29 is 38.5 Å². The number of ether oxygens (including phenoxy) is 3. The maximum atomic E-state index is 12.8. The third-order valence-electron chi connectivity index (χ3n) is 6.83. The van der Waals surface area contributed by atoms with E-state index in [9.17, 15) is 24.3 Å². The predicted molar refractivity (Wildman–Crippen MR) is 167 cm³/mol. The Hall–Kier alpha value is -4.86. The van der Waals surface area contributed by atoms with E-state index in [1.807, 2.05) is 0 Å². The first-order valence-electron chi connectivity index (χ1n) is 14.8. The SMILES string of the molecule is CCCCCCCOc1ccc(C(=O)Oc2ccc(CC(NC(=O)c3ccc(NC(=O)CC)cc3)C(=O)O)cc2OC)cc1. The third-order valence-corrected chi connectivity index (χ3v) is 6.83. The van der Waals surface area contributed by atoms with Gasteiger partial charge in [-0.15, -0.1) is 0 Å². The molecule has 10 heteroatoms. The van der Waals surface area contributed by atoms with Crippen LogP contribution in [0.4, 0.5) is 5.69 Å². The van der Waals surface area contributed by atoms with Gasteiger partial charge in [0.1, 0.15) is 11.8 Å². The van der Waals surface area contributed by atoms with Gasteiger partial charge in [-0.1, -0.05) is 45.6 Å². The highest BCUT2D eigenvalue weighted by atomic mass is 16.6.